The zero-order valence-electron chi connectivity index (χ0n) is 17.3. The number of nitrogens with zero attached hydrogens (tertiary/aromatic N) is 2. The minimum Gasteiger partial charge on any atom is -0.496 e. The number of likely N-dealkylation sites (tertiary alicyclic amines) is 1. The molecule has 0 bridgehead atoms. The van der Waals surface area contributed by atoms with Gasteiger partial charge in [-0.1, -0.05) is 30.3 Å². The lowest BCUT2D eigenvalue weighted by molar-refractivity contribution is 0.0694. The maximum atomic E-state index is 13.1. The fourth-order valence-corrected chi connectivity index (χ4v) is 3.98. The number of ether oxygens (including phenoxy) is 2. The Morgan fingerprint density at radius 2 is 1.83 bits per heavy atom. The molecular formula is C24H26N2O4. The number of aromatic nitrogens is 1. The molecule has 1 unspecified atom stereocenters. The van der Waals surface area contributed by atoms with Gasteiger partial charge in [-0.3, -0.25) is 4.79 Å². The first-order valence-corrected chi connectivity index (χ1v) is 10.2. The van der Waals surface area contributed by atoms with Gasteiger partial charge in [-0.2, -0.15) is 0 Å². The van der Waals surface area contributed by atoms with E-state index in [-0.39, 0.29) is 11.8 Å². The number of methoxy groups -OCH3 is 2. The van der Waals surface area contributed by atoms with E-state index in [0.717, 1.165) is 36.5 Å². The third kappa shape index (κ3) is 4.17. The van der Waals surface area contributed by atoms with Crippen LogP contribution in [-0.2, 0) is 6.42 Å². The van der Waals surface area contributed by atoms with Crippen LogP contribution in [-0.4, -0.2) is 43.1 Å². The van der Waals surface area contributed by atoms with Crippen molar-refractivity contribution in [3.8, 4) is 11.5 Å². The summed E-state index contributed by atoms with van der Waals surface area (Å²) in [6, 6.07) is 15.2. The Labute approximate surface area is 176 Å². The van der Waals surface area contributed by atoms with Crippen LogP contribution in [0.2, 0.25) is 0 Å². The zero-order valence-corrected chi connectivity index (χ0v) is 17.3. The number of hydrogen-bond donors (Lipinski definition) is 0. The molecule has 4 rings (SSSR count). The average molecular weight is 406 g/mol. The molecule has 0 radical (unpaired) electrons. The van der Waals surface area contributed by atoms with Crippen LogP contribution in [0.4, 0.5) is 0 Å². The summed E-state index contributed by atoms with van der Waals surface area (Å²) >= 11 is 0. The van der Waals surface area contributed by atoms with E-state index in [1.165, 1.54) is 0 Å². The number of carbonyl (C=O) groups is 1. The van der Waals surface area contributed by atoms with Crippen molar-refractivity contribution in [1.82, 2.24) is 9.88 Å². The van der Waals surface area contributed by atoms with Crippen molar-refractivity contribution in [3.63, 3.8) is 0 Å². The monoisotopic (exact) mass is 406 g/mol. The molecule has 0 N–H and O–H groups in total. The van der Waals surface area contributed by atoms with E-state index in [1.54, 1.807) is 26.5 Å². The summed E-state index contributed by atoms with van der Waals surface area (Å²) in [7, 11) is 3.25. The maximum Gasteiger partial charge on any atom is 0.257 e. The molecule has 156 valence electrons. The summed E-state index contributed by atoms with van der Waals surface area (Å²) in [5, 5.41) is 0. The van der Waals surface area contributed by atoms with E-state index in [9.17, 15) is 4.79 Å². The van der Waals surface area contributed by atoms with E-state index >= 15 is 0 Å². The molecule has 0 aliphatic carbocycles. The SMILES string of the molecule is COc1ccccc1Cc1cnc(C2CCCN(C(=O)c3ccccc3OC)C2)o1. The van der Waals surface area contributed by atoms with E-state index in [1.807, 2.05) is 47.4 Å². The quantitative estimate of drug-likeness (QED) is 0.611. The molecule has 1 aliphatic heterocycles. The minimum absolute atomic E-state index is 0.0158. The second kappa shape index (κ2) is 9.03. The minimum atomic E-state index is -0.0158. The summed E-state index contributed by atoms with van der Waals surface area (Å²) < 4.78 is 16.9. The van der Waals surface area contributed by atoms with Crippen LogP contribution < -0.4 is 9.47 Å². The third-order valence-corrected chi connectivity index (χ3v) is 5.52. The summed E-state index contributed by atoms with van der Waals surface area (Å²) in [5.74, 6) is 2.99. The smallest absolute Gasteiger partial charge is 0.257 e. The number of rotatable bonds is 6. The fourth-order valence-electron chi connectivity index (χ4n) is 3.98. The topological polar surface area (TPSA) is 64.8 Å². The highest BCUT2D eigenvalue weighted by Gasteiger charge is 2.29. The van der Waals surface area contributed by atoms with Crippen LogP contribution in [0.25, 0.3) is 0 Å². The molecule has 2 heterocycles. The van der Waals surface area contributed by atoms with Gasteiger partial charge in [0, 0.05) is 25.1 Å². The molecule has 0 spiro atoms. The van der Waals surface area contributed by atoms with Gasteiger partial charge < -0.3 is 18.8 Å². The molecule has 6 nitrogen and oxygen atoms in total. The molecule has 1 saturated heterocycles. The van der Waals surface area contributed by atoms with Crippen molar-refractivity contribution < 1.29 is 18.7 Å². The number of oxazole rings is 1. The second-order valence-electron chi connectivity index (χ2n) is 7.44. The first kappa shape index (κ1) is 20.0. The van der Waals surface area contributed by atoms with Crippen molar-refractivity contribution in [2.45, 2.75) is 25.2 Å². The number of amides is 1. The van der Waals surface area contributed by atoms with Crippen LogP contribution in [0.3, 0.4) is 0 Å². The molecule has 1 atom stereocenters. The highest BCUT2D eigenvalue weighted by Crippen LogP contribution is 2.30. The molecule has 0 saturated carbocycles. The lowest BCUT2D eigenvalue weighted by atomic mass is 9.97. The van der Waals surface area contributed by atoms with E-state index < -0.39 is 0 Å². The molecule has 1 aliphatic rings. The van der Waals surface area contributed by atoms with Crippen molar-refractivity contribution in [2.24, 2.45) is 0 Å². The van der Waals surface area contributed by atoms with Gasteiger partial charge in [0.15, 0.2) is 5.89 Å². The second-order valence-corrected chi connectivity index (χ2v) is 7.44. The van der Waals surface area contributed by atoms with Gasteiger partial charge in [0.05, 0.1) is 31.9 Å². The van der Waals surface area contributed by atoms with Crippen molar-refractivity contribution >= 4 is 5.91 Å². The average Bonchev–Trinajstić information content (AvgIpc) is 3.27. The Morgan fingerprint density at radius 3 is 2.63 bits per heavy atom. The summed E-state index contributed by atoms with van der Waals surface area (Å²) in [4.78, 5) is 19.4. The fraction of sp³-hybridized carbons (Fsp3) is 0.333. The van der Waals surface area contributed by atoms with Gasteiger partial charge in [0.2, 0.25) is 0 Å². The standard InChI is InChI=1S/C24H26N2O4/c1-28-21-11-5-3-8-17(21)14-19-15-25-23(30-19)18-9-7-13-26(16-18)24(27)20-10-4-6-12-22(20)29-2/h3-6,8,10-12,15,18H,7,9,13-14,16H2,1-2H3. The van der Waals surface area contributed by atoms with Crippen LogP contribution >= 0.6 is 0 Å². The van der Waals surface area contributed by atoms with E-state index in [2.05, 4.69) is 4.98 Å². The number of benzene rings is 2. The van der Waals surface area contributed by atoms with Crippen LogP contribution in [0.1, 0.15) is 46.3 Å². The summed E-state index contributed by atoms with van der Waals surface area (Å²) in [6.07, 6.45) is 4.26. The predicted molar refractivity (Wildman–Crippen MR) is 113 cm³/mol. The highest BCUT2D eigenvalue weighted by molar-refractivity contribution is 5.97. The highest BCUT2D eigenvalue weighted by atomic mass is 16.5. The predicted octanol–water partition coefficient (Wildman–Crippen LogP) is 4.30. The lowest BCUT2D eigenvalue weighted by Crippen LogP contribution is -2.39. The van der Waals surface area contributed by atoms with Crippen LogP contribution in [0.5, 0.6) is 11.5 Å². The van der Waals surface area contributed by atoms with Gasteiger partial charge in [0.25, 0.3) is 5.91 Å². The largest absolute Gasteiger partial charge is 0.496 e. The van der Waals surface area contributed by atoms with Crippen LogP contribution in [0, 0.1) is 0 Å². The molecule has 1 fully saturated rings. The Morgan fingerprint density at radius 1 is 1.10 bits per heavy atom. The number of para-hydroxylation sites is 2. The number of hydrogen-bond acceptors (Lipinski definition) is 5. The third-order valence-electron chi connectivity index (χ3n) is 5.52. The molecule has 1 amide bonds. The van der Waals surface area contributed by atoms with Gasteiger partial charge >= 0.3 is 0 Å². The number of piperidine rings is 1. The summed E-state index contributed by atoms with van der Waals surface area (Å²) in [5.41, 5.74) is 1.64. The van der Waals surface area contributed by atoms with Gasteiger partial charge in [0.1, 0.15) is 17.3 Å². The first-order valence-electron chi connectivity index (χ1n) is 10.2. The molecule has 1 aromatic heterocycles. The Bertz CT molecular complexity index is 1010. The first-order chi connectivity index (χ1) is 14.7. The molecule has 2 aromatic carbocycles. The lowest BCUT2D eigenvalue weighted by Gasteiger charge is -2.31. The van der Waals surface area contributed by atoms with E-state index in [0.29, 0.717) is 30.2 Å². The maximum absolute atomic E-state index is 13.1. The molecular weight excluding hydrogens is 380 g/mol. The van der Waals surface area contributed by atoms with Gasteiger partial charge in [-0.25, -0.2) is 4.98 Å². The summed E-state index contributed by atoms with van der Waals surface area (Å²) in [6.45, 7) is 1.31. The molecule has 30 heavy (non-hydrogen) atoms. The molecule has 3 aromatic rings. The number of carbonyl (C=O) groups excluding carboxylic acids is 1. The van der Waals surface area contributed by atoms with Gasteiger partial charge in [-0.05, 0) is 31.0 Å². The van der Waals surface area contributed by atoms with Gasteiger partial charge in [-0.15, -0.1) is 0 Å². The Balaban J connectivity index is 1.47. The Hall–Kier alpha value is -3.28. The van der Waals surface area contributed by atoms with Crippen molar-refractivity contribution in [1.29, 1.82) is 0 Å². The Kier molecular flexibility index (Phi) is 6.02. The zero-order chi connectivity index (χ0) is 20.9. The molecule has 6 heteroatoms. The van der Waals surface area contributed by atoms with Crippen LogP contribution in [0.15, 0.2) is 59.1 Å². The van der Waals surface area contributed by atoms with Crippen molar-refractivity contribution in [2.75, 3.05) is 27.3 Å². The normalized spacial score (nSPS) is 16.3. The van der Waals surface area contributed by atoms with E-state index in [4.69, 9.17) is 13.9 Å². The van der Waals surface area contributed by atoms with Crippen molar-refractivity contribution in [3.05, 3.63) is 77.5 Å².